The largest absolute Gasteiger partial charge is 0.496 e. The van der Waals surface area contributed by atoms with Crippen molar-refractivity contribution < 1.29 is 41.8 Å². The number of esters is 1. The molecule has 6 atom stereocenters. The fourth-order valence-corrected chi connectivity index (χ4v) is 10.0. The van der Waals surface area contributed by atoms with Gasteiger partial charge in [0.05, 0.1) is 49.3 Å². The molecule has 54 heavy (non-hydrogen) atoms. The Hall–Kier alpha value is -4.26. The van der Waals surface area contributed by atoms with Crippen molar-refractivity contribution in [2.75, 3.05) is 20.3 Å². The quantitative estimate of drug-likeness (QED) is 0.254. The predicted octanol–water partition coefficient (Wildman–Crippen LogP) is 5.53. The molecule has 1 aromatic heterocycles. The summed E-state index contributed by atoms with van der Waals surface area (Å²) in [5.74, 6) is -1.89. The molecule has 0 spiro atoms. The van der Waals surface area contributed by atoms with Crippen LogP contribution in [0.15, 0.2) is 43.1 Å². The third-order valence-electron chi connectivity index (χ3n) is 12.1. The molecule has 4 bridgehead atoms. The molecule has 290 valence electrons. The van der Waals surface area contributed by atoms with Gasteiger partial charge in [0.1, 0.15) is 11.9 Å². The Labute approximate surface area is 317 Å². The van der Waals surface area contributed by atoms with Gasteiger partial charge in [-0.15, -0.1) is 6.58 Å². The van der Waals surface area contributed by atoms with Crippen molar-refractivity contribution in [1.82, 2.24) is 14.6 Å². The molecule has 4 fully saturated rings. The standard InChI is InChI=1S/C41H51N3O9S/c1-4-29-21-41(29,40(48)43-54(49,50)31-13-14-31)22-35(45)34-19-30-23-44(34)39(47)33(26-10-6-5-7-11-26)20-37(46)52-24-25(2)9-8-12-28-17-32-27(18-36(28)51-3)15-16-42-38(32)53-30/h4,8,12,15-18,25-26,29-31,33-34H,1,5-7,9-11,13-14,19-24H2,2-3H3,(H,43,48)/b12-8+/t25-,29+,30+,33-,34-,41+/m0/s1. The van der Waals surface area contributed by atoms with Crippen molar-refractivity contribution in [3.8, 4) is 11.6 Å². The molecular weight excluding hydrogens is 711 g/mol. The number of fused-ring (bicyclic) bond motifs is 3. The Morgan fingerprint density at radius 1 is 1.15 bits per heavy atom. The number of aromatic nitrogens is 1. The van der Waals surface area contributed by atoms with Gasteiger partial charge in [0.15, 0.2) is 5.78 Å². The number of hydrogen-bond donors (Lipinski definition) is 1. The van der Waals surface area contributed by atoms with Gasteiger partial charge < -0.3 is 19.1 Å². The number of sulfonamides is 1. The van der Waals surface area contributed by atoms with Crippen LogP contribution < -0.4 is 14.2 Å². The summed E-state index contributed by atoms with van der Waals surface area (Å²) in [4.78, 5) is 62.5. The topological polar surface area (TPSA) is 158 Å². The van der Waals surface area contributed by atoms with Crippen molar-refractivity contribution in [2.24, 2.45) is 29.1 Å². The zero-order valence-electron chi connectivity index (χ0n) is 31.2. The van der Waals surface area contributed by atoms with E-state index < -0.39 is 50.6 Å². The van der Waals surface area contributed by atoms with Crippen LogP contribution in [0, 0.1) is 29.1 Å². The van der Waals surface area contributed by atoms with Crippen LogP contribution in [0.4, 0.5) is 0 Å². The van der Waals surface area contributed by atoms with Crippen molar-refractivity contribution in [2.45, 2.75) is 101 Å². The number of ether oxygens (including phenoxy) is 3. The Morgan fingerprint density at radius 3 is 2.63 bits per heavy atom. The highest BCUT2D eigenvalue weighted by atomic mass is 32.2. The van der Waals surface area contributed by atoms with Crippen LogP contribution in [0.3, 0.4) is 0 Å². The molecule has 2 aliphatic heterocycles. The van der Waals surface area contributed by atoms with Gasteiger partial charge in [-0.1, -0.05) is 44.4 Å². The first-order valence-electron chi connectivity index (χ1n) is 19.4. The van der Waals surface area contributed by atoms with E-state index in [1.54, 1.807) is 24.3 Å². The Morgan fingerprint density at radius 2 is 1.93 bits per heavy atom. The highest BCUT2D eigenvalue weighted by Gasteiger charge is 2.61. The Kier molecular flexibility index (Phi) is 10.9. The first-order chi connectivity index (χ1) is 25.9. The van der Waals surface area contributed by atoms with Crippen LogP contribution in [0.2, 0.25) is 0 Å². The lowest BCUT2D eigenvalue weighted by molar-refractivity contribution is -0.153. The number of carbonyl (C=O) groups is 4. The minimum atomic E-state index is -3.85. The van der Waals surface area contributed by atoms with E-state index in [0.717, 1.165) is 48.4 Å². The molecule has 12 nitrogen and oxygen atoms in total. The number of allylic oxidation sites excluding steroid dienone is 2. The molecule has 2 amide bonds. The monoisotopic (exact) mass is 761 g/mol. The lowest BCUT2D eigenvalue weighted by Crippen LogP contribution is -2.48. The third kappa shape index (κ3) is 7.92. The summed E-state index contributed by atoms with van der Waals surface area (Å²) in [5, 5.41) is 0.989. The van der Waals surface area contributed by atoms with Gasteiger partial charge in [0.2, 0.25) is 27.7 Å². The van der Waals surface area contributed by atoms with Gasteiger partial charge >= 0.3 is 5.97 Å². The minimum Gasteiger partial charge on any atom is -0.496 e. The van der Waals surface area contributed by atoms with Gasteiger partial charge in [-0.05, 0) is 79.9 Å². The Balaban J connectivity index is 1.24. The fraction of sp³-hybridized carbons (Fsp3) is 0.585. The molecule has 1 aromatic carbocycles. The van der Waals surface area contributed by atoms with Crippen molar-refractivity contribution >= 4 is 50.4 Å². The van der Waals surface area contributed by atoms with Crippen LogP contribution in [0.5, 0.6) is 11.6 Å². The van der Waals surface area contributed by atoms with Crippen molar-refractivity contribution in [3.05, 3.63) is 48.7 Å². The molecule has 3 aliphatic carbocycles. The molecule has 3 heterocycles. The zero-order chi connectivity index (χ0) is 38.2. The summed E-state index contributed by atoms with van der Waals surface area (Å²) >= 11 is 0. The van der Waals surface area contributed by atoms with Gasteiger partial charge in [0, 0.05) is 30.0 Å². The molecule has 7 rings (SSSR count). The lowest BCUT2D eigenvalue weighted by atomic mass is 9.77. The number of benzene rings is 1. The minimum absolute atomic E-state index is 0.0202. The van der Waals surface area contributed by atoms with E-state index in [9.17, 15) is 27.6 Å². The predicted molar refractivity (Wildman–Crippen MR) is 202 cm³/mol. The molecule has 3 saturated carbocycles. The van der Waals surface area contributed by atoms with E-state index in [-0.39, 0.29) is 68.3 Å². The first-order valence-corrected chi connectivity index (χ1v) is 20.9. The van der Waals surface area contributed by atoms with E-state index >= 15 is 0 Å². The summed E-state index contributed by atoms with van der Waals surface area (Å²) in [6.07, 6.45) is 12.8. The molecule has 0 unspecified atom stereocenters. The second-order valence-electron chi connectivity index (χ2n) is 16.1. The molecule has 5 aliphatic rings. The normalized spacial score (nSPS) is 30.1. The number of pyridine rings is 1. The summed E-state index contributed by atoms with van der Waals surface area (Å²) in [7, 11) is -2.24. The summed E-state index contributed by atoms with van der Waals surface area (Å²) in [6.45, 7) is 6.12. The number of methoxy groups -OCH3 is 1. The van der Waals surface area contributed by atoms with Crippen LogP contribution in [-0.4, -0.2) is 79.5 Å². The maximum atomic E-state index is 14.8. The number of carbonyl (C=O) groups excluding carboxylic acids is 4. The molecule has 1 saturated heterocycles. The highest BCUT2D eigenvalue weighted by Crippen LogP contribution is 2.57. The van der Waals surface area contributed by atoms with Crippen molar-refractivity contribution in [1.29, 1.82) is 0 Å². The first kappa shape index (κ1) is 38.0. The maximum absolute atomic E-state index is 14.8. The third-order valence-corrected chi connectivity index (χ3v) is 13.9. The van der Waals surface area contributed by atoms with E-state index in [1.807, 2.05) is 37.3 Å². The average Bonchev–Trinajstić information content (AvgIpc) is 4.09. The summed E-state index contributed by atoms with van der Waals surface area (Å²) < 4.78 is 45.9. The number of hydrogen-bond acceptors (Lipinski definition) is 10. The zero-order valence-corrected chi connectivity index (χ0v) is 32.0. The number of amides is 2. The van der Waals surface area contributed by atoms with Crippen LogP contribution in [-0.2, 0) is 33.9 Å². The average molecular weight is 762 g/mol. The lowest BCUT2D eigenvalue weighted by Gasteiger charge is -2.34. The molecule has 2 aromatic rings. The van der Waals surface area contributed by atoms with E-state index in [2.05, 4.69) is 16.3 Å². The summed E-state index contributed by atoms with van der Waals surface area (Å²) in [5.41, 5.74) is -0.460. The number of nitrogens with zero attached hydrogens (tertiary/aromatic N) is 2. The van der Waals surface area contributed by atoms with E-state index in [4.69, 9.17) is 14.2 Å². The number of ketones is 1. The smallest absolute Gasteiger partial charge is 0.306 e. The van der Waals surface area contributed by atoms with Gasteiger partial charge in [-0.2, -0.15) is 0 Å². The molecule has 1 N–H and O–H groups in total. The van der Waals surface area contributed by atoms with Crippen LogP contribution >= 0.6 is 0 Å². The number of cyclic esters (lactones) is 1. The summed E-state index contributed by atoms with van der Waals surface area (Å²) in [6, 6.07) is 4.77. The van der Waals surface area contributed by atoms with Gasteiger partial charge in [-0.3, -0.25) is 23.9 Å². The van der Waals surface area contributed by atoms with E-state index in [0.29, 0.717) is 30.9 Å². The SMILES string of the molecule is C=C[C@@H]1C[C@]1(CC(=O)[C@@H]1C[C@@H]2CN1C(=O)[C@H](C1CCCCC1)CC(=O)OC[C@@H](C)C/C=C/c1cc3c(nccc3cc1OC)O2)C(=O)NS(=O)(=O)C1CC1. The molecular formula is C41H51N3O9S. The number of rotatable bonds is 9. The van der Waals surface area contributed by atoms with Crippen LogP contribution in [0.1, 0.15) is 89.5 Å². The van der Waals surface area contributed by atoms with Crippen molar-refractivity contribution in [3.63, 3.8) is 0 Å². The van der Waals surface area contributed by atoms with Crippen LogP contribution in [0.25, 0.3) is 16.8 Å². The van der Waals surface area contributed by atoms with Gasteiger partial charge in [-0.25, -0.2) is 13.4 Å². The fourth-order valence-electron chi connectivity index (χ4n) is 8.66. The highest BCUT2D eigenvalue weighted by molar-refractivity contribution is 7.90. The number of nitrogens with one attached hydrogen (secondary N) is 1. The van der Waals surface area contributed by atoms with E-state index in [1.165, 1.54) is 0 Å². The number of Topliss-reactive ketones (excluding diaryl/α,β-unsaturated/α-hetero) is 1. The second kappa shape index (κ2) is 15.5. The molecule has 13 heteroatoms. The molecule has 0 radical (unpaired) electrons. The van der Waals surface area contributed by atoms with Gasteiger partial charge in [0.25, 0.3) is 0 Å². The Bertz CT molecular complexity index is 1950. The second-order valence-corrected chi connectivity index (χ2v) is 18.0. The maximum Gasteiger partial charge on any atom is 0.306 e.